The zero-order chi connectivity index (χ0) is 20.3. The number of hydrogen-bond donors (Lipinski definition) is 1. The molecule has 0 unspecified atom stereocenters. The van der Waals surface area contributed by atoms with Crippen LogP contribution in [0.2, 0.25) is 0 Å². The van der Waals surface area contributed by atoms with Crippen molar-refractivity contribution >= 4 is 23.4 Å². The molecule has 0 radical (unpaired) electrons. The molecule has 2 N–H and O–H groups in total. The fraction of sp³-hybridized carbons (Fsp3) is 0.421. The third kappa shape index (κ3) is 4.08. The summed E-state index contributed by atoms with van der Waals surface area (Å²) in [6, 6.07) is 6.33. The number of halogens is 1. The molecule has 1 saturated heterocycles. The number of anilines is 2. The number of esters is 1. The summed E-state index contributed by atoms with van der Waals surface area (Å²) < 4.78 is 19.5. The molecule has 0 atom stereocenters. The fourth-order valence-electron chi connectivity index (χ4n) is 3.27. The van der Waals surface area contributed by atoms with Crippen molar-refractivity contribution < 1.29 is 18.7 Å². The Balaban J connectivity index is 1.61. The van der Waals surface area contributed by atoms with Crippen LogP contribution in [0.1, 0.15) is 23.0 Å². The minimum absolute atomic E-state index is 0.00594. The fourth-order valence-corrected chi connectivity index (χ4v) is 3.27. The number of aromatic nitrogens is 2. The highest BCUT2D eigenvalue weighted by atomic mass is 19.1. The van der Waals surface area contributed by atoms with Gasteiger partial charge in [-0.1, -0.05) is 0 Å². The Bertz CT molecular complexity index is 857. The van der Waals surface area contributed by atoms with Crippen molar-refractivity contribution in [3.63, 3.8) is 0 Å². The van der Waals surface area contributed by atoms with Crippen molar-refractivity contribution in [2.75, 3.05) is 43.4 Å². The van der Waals surface area contributed by atoms with Gasteiger partial charge in [0, 0.05) is 31.9 Å². The number of amides is 1. The van der Waals surface area contributed by atoms with Gasteiger partial charge in [0.1, 0.15) is 17.9 Å². The van der Waals surface area contributed by atoms with Crippen molar-refractivity contribution in [1.29, 1.82) is 0 Å². The molecule has 1 aliphatic heterocycles. The Morgan fingerprint density at radius 2 is 1.82 bits per heavy atom. The van der Waals surface area contributed by atoms with E-state index >= 15 is 0 Å². The molecule has 8 nitrogen and oxygen atoms in total. The van der Waals surface area contributed by atoms with Gasteiger partial charge in [-0.3, -0.25) is 9.48 Å². The second-order valence-electron chi connectivity index (χ2n) is 6.57. The molecule has 2 aromatic rings. The highest BCUT2D eigenvalue weighted by Crippen LogP contribution is 2.19. The molecule has 0 aliphatic carbocycles. The van der Waals surface area contributed by atoms with Gasteiger partial charge in [-0.15, -0.1) is 0 Å². The predicted octanol–water partition coefficient (Wildman–Crippen LogP) is 1.44. The normalized spacial score (nSPS) is 14.2. The van der Waals surface area contributed by atoms with Crippen LogP contribution in [0.5, 0.6) is 0 Å². The van der Waals surface area contributed by atoms with Gasteiger partial charge in [0.2, 0.25) is 5.91 Å². The van der Waals surface area contributed by atoms with Crippen molar-refractivity contribution in [3.8, 4) is 0 Å². The molecule has 1 aromatic heterocycles. The molecule has 3 rings (SSSR count). The van der Waals surface area contributed by atoms with E-state index in [1.807, 2.05) is 0 Å². The summed E-state index contributed by atoms with van der Waals surface area (Å²) in [6.45, 7) is 6.06. The van der Waals surface area contributed by atoms with Crippen LogP contribution in [-0.4, -0.2) is 59.3 Å². The Morgan fingerprint density at radius 3 is 2.43 bits per heavy atom. The summed E-state index contributed by atoms with van der Waals surface area (Å²) in [5.41, 5.74) is 7.48. The van der Waals surface area contributed by atoms with Gasteiger partial charge in [-0.2, -0.15) is 5.10 Å². The maximum Gasteiger partial charge on any atom is 0.343 e. The number of hydrogen-bond acceptors (Lipinski definition) is 6. The van der Waals surface area contributed by atoms with Gasteiger partial charge in [0.25, 0.3) is 0 Å². The number of nitrogens with two attached hydrogens (primary N) is 1. The lowest BCUT2D eigenvalue weighted by molar-refractivity contribution is -0.132. The molecule has 1 aliphatic rings. The van der Waals surface area contributed by atoms with Crippen molar-refractivity contribution in [1.82, 2.24) is 14.7 Å². The minimum atomic E-state index is -0.538. The molecular formula is C19H24FN5O3. The summed E-state index contributed by atoms with van der Waals surface area (Å²) in [4.78, 5) is 28.5. The predicted molar refractivity (Wildman–Crippen MR) is 103 cm³/mol. The highest BCUT2D eigenvalue weighted by Gasteiger charge is 2.25. The largest absolute Gasteiger partial charge is 0.462 e. The molecule has 1 amide bonds. The number of carbonyl (C=O) groups excluding carboxylic acids is 2. The van der Waals surface area contributed by atoms with E-state index in [9.17, 15) is 14.0 Å². The standard InChI is InChI=1S/C19H24FN5O3/c1-3-28-19(27)17-13(2)25(22-18(17)21)12-16(26)24-10-8-23(9-11-24)15-6-4-14(20)5-7-15/h4-7H,3,8-12H2,1-2H3,(H2,21,22). The molecule has 0 bridgehead atoms. The quantitative estimate of drug-likeness (QED) is 0.778. The summed E-state index contributed by atoms with van der Waals surface area (Å²) in [5.74, 6) is -0.845. The molecule has 28 heavy (non-hydrogen) atoms. The summed E-state index contributed by atoms with van der Waals surface area (Å²) in [7, 11) is 0. The Labute approximate surface area is 162 Å². The number of nitrogen functional groups attached to an aromatic ring is 1. The van der Waals surface area contributed by atoms with E-state index in [4.69, 9.17) is 10.5 Å². The van der Waals surface area contributed by atoms with Crippen LogP contribution < -0.4 is 10.6 Å². The SMILES string of the molecule is CCOC(=O)c1c(N)nn(CC(=O)N2CCN(c3ccc(F)cc3)CC2)c1C. The van der Waals surface area contributed by atoms with Gasteiger partial charge < -0.3 is 20.3 Å². The molecular weight excluding hydrogens is 365 g/mol. The first-order valence-electron chi connectivity index (χ1n) is 9.19. The van der Waals surface area contributed by atoms with E-state index in [1.54, 1.807) is 30.9 Å². The summed E-state index contributed by atoms with van der Waals surface area (Å²) in [5, 5.41) is 4.12. The molecule has 2 heterocycles. The lowest BCUT2D eigenvalue weighted by atomic mass is 10.2. The lowest BCUT2D eigenvalue weighted by Crippen LogP contribution is -2.49. The van der Waals surface area contributed by atoms with Gasteiger partial charge in [0.15, 0.2) is 5.82 Å². The molecule has 1 fully saturated rings. The average Bonchev–Trinajstić information content (AvgIpc) is 2.96. The molecule has 0 spiro atoms. The first kappa shape index (κ1) is 19.7. The number of rotatable bonds is 5. The summed E-state index contributed by atoms with van der Waals surface area (Å²) in [6.07, 6.45) is 0. The Hall–Kier alpha value is -3.10. The van der Waals surface area contributed by atoms with Crippen molar-refractivity contribution in [3.05, 3.63) is 41.3 Å². The van der Waals surface area contributed by atoms with Crippen LogP contribution in [-0.2, 0) is 16.1 Å². The molecule has 1 aromatic carbocycles. The van der Waals surface area contributed by atoms with Gasteiger partial charge in [-0.05, 0) is 38.1 Å². The number of nitrogens with zero attached hydrogens (tertiary/aromatic N) is 4. The first-order chi connectivity index (χ1) is 13.4. The average molecular weight is 389 g/mol. The lowest BCUT2D eigenvalue weighted by Gasteiger charge is -2.36. The second kappa shape index (κ2) is 8.28. The highest BCUT2D eigenvalue weighted by molar-refractivity contribution is 5.95. The summed E-state index contributed by atoms with van der Waals surface area (Å²) >= 11 is 0. The maximum absolute atomic E-state index is 13.1. The smallest absolute Gasteiger partial charge is 0.343 e. The topological polar surface area (TPSA) is 93.7 Å². The van der Waals surface area contributed by atoms with Crippen LogP contribution in [0.3, 0.4) is 0 Å². The van der Waals surface area contributed by atoms with Crippen LogP contribution >= 0.6 is 0 Å². The van der Waals surface area contributed by atoms with Gasteiger partial charge in [-0.25, -0.2) is 9.18 Å². The Morgan fingerprint density at radius 1 is 1.18 bits per heavy atom. The van der Waals surface area contributed by atoms with Gasteiger partial charge in [0.05, 0.1) is 12.3 Å². The van der Waals surface area contributed by atoms with Crippen LogP contribution in [0, 0.1) is 12.7 Å². The zero-order valence-electron chi connectivity index (χ0n) is 16.0. The second-order valence-corrected chi connectivity index (χ2v) is 6.57. The zero-order valence-corrected chi connectivity index (χ0v) is 16.0. The monoisotopic (exact) mass is 389 g/mol. The number of piperazine rings is 1. The van der Waals surface area contributed by atoms with E-state index in [0.29, 0.717) is 31.9 Å². The van der Waals surface area contributed by atoms with E-state index < -0.39 is 5.97 Å². The molecule has 0 saturated carbocycles. The van der Waals surface area contributed by atoms with E-state index in [-0.39, 0.29) is 36.3 Å². The minimum Gasteiger partial charge on any atom is -0.462 e. The maximum atomic E-state index is 13.1. The molecule has 150 valence electrons. The van der Waals surface area contributed by atoms with Gasteiger partial charge >= 0.3 is 5.97 Å². The van der Waals surface area contributed by atoms with Crippen molar-refractivity contribution in [2.24, 2.45) is 0 Å². The number of carbonyl (C=O) groups is 2. The first-order valence-corrected chi connectivity index (χ1v) is 9.19. The molecule has 9 heteroatoms. The number of benzene rings is 1. The third-order valence-electron chi connectivity index (χ3n) is 4.82. The number of ether oxygens (including phenoxy) is 1. The van der Waals surface area contributed by atoms with E-state index in [0.717, 1.165) is 5.69 Å². The van der Waals surface area contributed by atoms with Crippen molar-refractivity contribution in [2.45, 2.75) is 20.4 Å². The van der Waals surface area contributed by atoms with Crippen LogP contribution in [0.4, 0.5) is 15.9 Å². The van der Waals surface area contributed by atoms with E-state index in [2.05, 4.69) is 10.00 Å². The third-order valence-corrected chi connectivity index (χ3v) is 4.82. The van der Waals surface area contributed by atoms with Crippen LogP contribution in [0.25, 0.3) is 0 Å². The Kier molecular flexibility index (Phi) is 5.81. The van der Waals surface area contributed by atoms with Crippen LogP contribution in [0.15, 0.2) is 24.3 Å². The van der Waals surface area contributed by atoms with E-state index in [1.165, 1.54) is 16.8 Å².